The molecule has 3 aromatic rings. The van der Waals surface area contributed by atoms with Gasteiger partial charge < -0.3 is 19.2 Å². The van der Waals surface area contributed by atoms with Gasteiger partial charge in [-0.15, -0.1) is 0 Å². The van der Waals surface area contributed by atoms with Crippen LogP contribution in [0.1, 0.15) is 12.3 Å². The Hall–Kier alpha value is -3.68. The third-order valence-electron chi connectivity index (χ3n) is 6.15. The number of hydrogen-bond acceptors (Lipinski definition) is 6. The Morgan fingerprint density at radius 2 is 1.69 bits per heavy atom. The Morgan fingerprint density at radius 3 is 2.34 bits per heavy atom. The first-order chi connectivity index (χ1) is 15.6. The smallest absolute Gasteiger partial charge is 0.228 e. The molecule has 2 fully saturated rings. The van der Waals surface area contributed by atoms with Gasteiger partial charge in [-0.25, -0.2) is 0 Å². The molecule has 2 aliphatic rings. The van der Waals surface area contributed by atoms with E-state index >= 15 is 0 Å². The molecule has 8 heteroatoms. The summed E-state index contributed by atoms with van der Waals surface area (Å²) in [7, 11) is 0. The van der Waals surface area contributed by atoms with Gasteiger partial charge in [-0.1, -0.05) is 23.4 Å². The Balaban J connectivity index is 1.18. The minimum Gasteiger partial charge on any atom is -0.368 e. The molecule has 5 rings (SSSR count). The normalized spacial score (nSPS) is 19.0. The fourth-order valence-corrected chi connectivity index (χ4v) is 4.41. The second-order valence-corrected chi connectivity index (χ2v) is 8.24. The summed E-state index contributed by atoms with van der Waals surface area (Å²) in [5.74, 6) is 0.956. The lowest BCUT2D eigenvalue weighted by Gasteiger charge is -2.37. The molecule has 0 spiro atoms. The van der Waals surface area contributed by atoms with Crippen LogP contribution in [0.15, 0.2) is 59.1 Å². The van der Waals surface area contributed by atoms with Crippen molar-refractivity contribution in [3.63, 3.8) is 0 Å². The van der Waals surface area contributed by atoms with Gasteiger partial charge in [-0.3, -0.25) is 9.59 Å². The summed E-state index contributed by atoms with van der Waals surface area (Å²) in [6, 6.07) is 17.6. The maximum absolute atomic E-state index is 13.1. The lowest BCUT2D eigenvalue weighted by Crippen LogP contribution is -2.50. The topological polar surface area (TPSA) is 82.8 Å². The number of carbonyl (C=O) groups excluding carboxylic acids is 2. The van der Waals surface area contributed by atoms with E-state index in [4.69, 9.17) is 4.52 Å². The molecule has 0 bridgehead atoms. The third-order valence-corrected chi connectivity index (χ3v) is 6.15. The third kappa shape index (κ3) is 3.95. The molecule has 164 valence electrons. The quantitative estimate of drug-likeness (QED) is 0.632. The Bertz CT molecular complexity index is 1100. The predicted octanol–water partition coefficient (Wildman–Crippen LogP) is 2.75. The van der Waals surface area contributed by atoms with Crippen molar-refractivity contribution in [2.24, 2.45) is 5.92 Å². The van der Waals surface area contributed by atoms with Gasteiger partial charge in [0.2, 0.25) is 23.5 Å². The van der Waals surface area contributed by atoms with E-state index in [0.717, 1.165) is 30.0 Å². The second kappa shape index (κ2) is 8.45. The maximum Gasteiger partial charge on any atom is 0.228 e. The average molecular weight is 431 g/mol. The number of aromatic nitrogens is 2. The van der Waals surface area contributed by atoms with E-state index in [-0.39, 0.29) is 24.2 Å². The molecular weight excluding hydrogens is 406 g/mol. The number of piperazine rings is 1. The van der Waals surface area contributed by atoms with Gasteiger partial charge in [0.1, 0.15) is 0 Å². The highest BCUT2D eigenvalue weighted by atomic mass is 16.5. The van der Waals surface area contributed by atoms with Crippen molar-refractivity contribution in [1.82, 2.24) is 15.0 Å². The molecule has 3 heterocycles. The van der Waals surface area contributed by atoms with Crippen LogP contribution in [0.5, 0.6) is 0 Å². The second-order valence-electron chi connectivity index (χ2n) is 8.24. The number of anilines is 2. The van der Waals surface area contributed by atoms with E-state index in [2.05, 4.69) is 15.0 Å². The molecule has 2 aliphatic heterocycles. The number of amides is 2. The van der Waals surface area contributed by atoms with E-state index in [0.29, 0.717) is 31.3 Å². The van der Waals surface area contributed by atoms with Crippen LogP contribution in [0.2, 0.25) is 0 Å². The number of rotatable bonds is 4. The van der Waals surface area contributed by atoms with Crippen LogP contribution in [0.25, 0.3) is 11.4 Å². The van der Waals surface area contributed by atoms with E-state index in [1.54, 1.807) is 11.8 Å². The molecule has 1 unspecified atom stereocenters. The summed E-state index contributed by atoms with van der Waals surface area (Å²) in [6.07, 6.45) is 0.283. The average Bonchev–Trinajstić information content (AvgIpc) is 3.45. The van der Waals surface area contributed by atoms with Gasteiger partial charge in [0.15, 0.2) is 0 Å². The zero-order valence-electron chi connectivity index (χ0n) is 18.0. The van der Waals surface area contributed by atoms with Crippen LogP contribution in [0, 0.1) is 12.8 Å². The Labute approximate surface area is 186 Å². The molecule has 0 radical (unpaired) electrons. The van der Waals surface area contributed by atoms with E-state index in [1.807, 2.05) is 59.5 Å². The largest absolute Gasteiger partial charge is 0.368 e. The lowest BCUT2D eigenvalue weighted by molar-refractivity contribution is -0.136. The molecule has 0 N–H and O–H groups in total. The summed E-state index contributed by atoms with van der Waals surface area (Å²) >= 11 is 0. The zero-order valence-corrected chi connectivity index (χ0v) is 18.0. The summed E-state index contributed by atoms with van der Waals surface area (Å²) < 4.78 is 5.05. The highest BCUT2D eigenvalue weighted by molar-refractivity contribution is 6.00. The van der Waals surface area contributed by atoms with Crippen LogP contribution in [0.4, 0.5) is 11.4 Å². The Kier molecular flexibility index (Phi) is 5.34. The number of carbonyl (C=O) groups is 2. The van der Waals surface area contributed by atoms with Gasteiger partial charge in [0.25, 0.3) is 0 Å². The fraction of sp³-hybridized carbons (Fsp3) is 0.333. The van der Waals surface area contributed by atoms with Crippen molar-refractivity contribution in [2.75, 3.05) is 42.5 Å². The van der Waals surface area contributed by atoms with E-state index in [1.165, 1.54) is 0 Å². The molecule has 0 saturated carbocycles. The van der Waals surface area contributed by atoms with Crippen molar-refractivity contribution < 1.29 is 14.1 Å². The number of nitrogens with zero attached hydrogens (tertiary/aromatic N) is 5. The lowest BCUT2D eigenvalue weighted by atomic mass is 10.1. The minimum absolute atomic E-state index is 0.0186. The van der Waals surface area contributed by atoms with E-state index in [9.17, 15) is 9.59 Å². The zero-order chi connectivity index (χ0) is 22.1. The molecule has 0 aliphatic carbocycles. The van der Waals surface area contributed by atoms with Crippen LogP contribution in [-0.4, -0.2) is 59.6 Å². The van der Waals surface area contributed by atoms with Crippen LogP contribution >= 0.6 is 0 Å². The Morgan fingerprint density at radius 1 is 0.969 bits per heavy atom. The first-order valence-corrected chi connectivity index (χ1v) is 10.9. The van der Waals surface area contributed by atoms with Crippen LogP contribution in [0.3, 0.4) is 0 Å². The monoisotopic (exact) mass is 431 g/mol. The number of para-hydroxylation sites is 1. The number of benzene rings is 2. The minimum atomic E-state index is -0.271. The maximum atomic E-state index is 13.1. The van der Waals surface area contributed by atoms with Gasteiger partial charge in [0, 0.05) is 63.0 Å². The summed E-state index contributed by atoms with van der Waals surface area (Å²) in [6.45, 7) is 5.05. The molecule has 2 amide bonds. The molecule has 2 aromatic carbocycles. The van der Waals surface area contributed by atoms with Crippen LogP contribution in [-0.2, 0) is 9.59 Å². The highest BCUT2D eigenvalue weighted by Gasteiger charge is 2.37. The fourth-order valence-electron chi connectivity index (χ4n) is 4.41. The highest BCUT2D eigenvalue weighted by Crippen LogP contribution is 2.27. The van der Waals surface area contributed by atoms with Gasteiger partial charge in [-0.05, 0) is 36.4 Å². The first-order valence-electron chi connectivity index (χ1n) is 10.9. The molecule has 2 saturated heterocycles. The first kappa shape index (κ1) is 20.2. The standard InChI is InChI=1S/C24H25N5O3/c1-17-25-23(26-32-17)18-7-9-20(10-8-18)27-11-13-28(14-12-27)24(31)19-15-22(30)29(16-19)21-5-3-2-4-6-21/h2-10,19H,11-16H2,1H3. The summed E-state index contributed by atoms with van der Waals surface area (Å²) in [5.41, 5.74) is 2.87. The van der Waals surface area contributed by atoms with Crippen molar-refractivity contribution >= 4 is 23.2 Å². The summed E-state index contributed by atoms with van der Waals surface area (Å²) in [5, 5.41) is 3.95. The SMILES string of the molecule is Cc1nc(-c2ccc(N3CCN(C(=O)C4CC(=O)N(c5ccccc5)C4)CC3)cc2)no1. The van der Waals surface area contributed by atoms with Crippen molar-refractivity contribution in [2.45, 2.75) is 13.3 Å². The predicted molar refractivity (Wildman–Crippen MR) is 120 cm³/mol. The van der Waals surface area contributed by atoms with Gasteiger partial charge in [0.05, 0.1) is 5.92 Å². The molecule has 1 atom stereocenters. The molecule has 1 aromatic heterocycles. The van der Waals surface area contributed by atoms with Gasteiger partial charge >= 0.3 is 0 Å². The van der Waals surface area contributed by atoms with E-state index < -0.39 is 0 Å². The van der Waals surface area contributed by atoms with Crippen molar-refractivity contribution in [3.05, 3.63) is 60.5 Å². The molecular formula is C24H25N5O3. The van der Waals surface area contributed by atoms with Crippen molar-refractivity contribution in [3.8, 4) is 11.4 Å². The summed E-state index contributed by atoms with van der Waals surface area (Å²) in [4.78, 5) is 35.7. The molecule has 8 nitrogen and oxygen atoms in total. The van der Waals surface area contributed by atoms with Crippen LogP contribution < -0.4 is 9.80 Å². The number of aryl methyl sites for hydroxylation is 1. The van der Waals surface area contributed by atoms with Gasteiger partial charge in [-0.2, -0.15) is 4.98 Å². The van der Waals surface area contributed by atoms with Crippen molar-refractivity contribution in [1.29, 1.82) is 0 Å². The number of hydrogen-bond donors (Lipinski definition) is 0. The molecule has 32 heavy (non-hydrogen) atoms.